The molecule has 0 aliphatic carbocycles. The van der Waals surface area contributed by atoms with Gasteiger partial charge in [-0.25, -0.2) is 4.98 Å². The number of carbonyl (C=O) groups is 1. The molecule has 2 aromatic rings. The Bertz CT molecular complexity index is 706. The second-order valence-corrected chi connectivity index (χ2v) is 6.24. The van der Waals surface area contributed by atoms with Crippen molar-refractivity contribution in [2.75, 3.05) is 40.4 Å². The summed E-state index contributed by atoms with van der Waals surface area (Å²) in [6.45, 7) is 4.98. The highest BCUT2D eigenvalue weighted by Crippen LogP contribution is 2.22. The van der Waals surface area contributed by atoms with E-state index in [9.17, 15) is 4.79 Å². The van der Waals surface area contributed by atoms with Gasteiger partial charge in [0.1, 0.15) is 5.15 Å². The monoisotopic (exact) mass is 349 g/mol. The molecule has 5 nitrogen and oxygen atoms in total. The van der Waals surface area contributed by atoms with Crippen molar-refractivity contribution in [1.82, 2.24) is 15.2 Å². The summed E-state index contributed by atoms with van der Waals surface area (Å²) < 4.78 is 5.03. The molecule has 0 fully saturated rings. The fraction of sp³-hybridized carbons (Fsp3) is 0.444. The Balaban J connectivity index is 1.95. The molecule has 130 valence electrons. The van der Waals surface area contributed by atoms with E-state index in [1.807, 2.05) is 32.2 Å². The molecular formula is C18H24ClN3O2. The van der Waals surface area contributed by atoms with Crippen molar-refractivity contribution in [3.05, 3.63) is 40.5 Å². The van der Waals surface area contributed by atoms with E-state index < -0.39 is 0 Å². The normalized spacial score (nSPS) is 11.2. The number of likely N-dealkylation sites (N-methyl/N-ethyl adjacent to an activating group) is 1. The van der Waals surface area contributed by atoms with Crippen LogP contribution in [-0.4, -0.2) is 56.2 Å². The number of aromatic nitrogens is 1. The van der Waals surface area contributed by atoms with Crippen molar-refractivity contribution in [3.8, 4) is 0 Å². The molecule has 6 heteroatoms. The van der Waals surface area contributed by atoms with Crippen LogP contribution in [0.5, 0.6) is 0 Å². The number of hydrogen-bond donors (Lipinski definition) is 1. The van der Waals surface area contributed by atoms with Crippen molar-refractivity contribution in [1.29, 1.82) is 0 Å². The van der Waals surface area contributed by atoms with Crippen LogP contribution >= 0.6 is 11.6 Å². The Morgan fingerprint density at radius 2 is 2.17 bits per heavy atom. The highest BCUT2D eigenvalue weighted by Gasteiger charge is 2.13. The predicted octanol–water partition coefficient (Wildman–Crippen LogP) is 2.89. The molecule has 0 bridgehead atoms. The van der Waals surface area contributed by atoms with Gasteiger partial charge in [-0.05, 0) is 32.0 Å². The largest absolute Gasteiger partial charge is 0.385 e. The van der Waals surface area contributed by atoms with Crippen LogP contribution in [0.4, 0.5) is 0 Å². The van der Waals surface area contributed by atoms with Gasteiger partial charge in [0.05, 0.1) is 11.1 Å². The quantitative estimate of drug-likeness (QED) is 0.588. The summed E-state index contributed by atoms with van der Waals surface area (Å²) in [6, 6.07) is 7.66. The highest BCUT2D eigenvalue weighted by atomic mass is 35.5. The third-order valence-electron chi connectivity index (χ3n) is 3.91. The molecule has 1 aromatic carbocycles. The van der Waals surface area contributed by atoms with Crippen molar-refractivity contribution < 1.29 is 9.53 Å². The van der Waals surface area contributed by atoms with Gasteiger partial charge in [-0.3, -0.25) is 4.79 Å². The molecule has 0 radical (unpaired) electrons. The molecule has 24 heavy (non-hydrogen) atoms. The number of hydrogen-bond acceptors (Lipinski definition) is 4. The fourth-order valence-electron chi connectivity index (χ4n) is 2.53. The first-order valence-electron chi connectivity index (χ1n) is 8.04. The molecule has 1 N–H and O–H groups in total. The lowest BCUT2D eigenvalue weighted by molar-refractivity contribution is 0.0949. The molecular weight excluding hydrogens is 326 g/mol. The van der Waals surface area contributed by atoms with E-state index in [1.165, 1.54) is 0 Å². The zero-order valence-electron chi connectivity index (χ0n) is 14.4. The Hall–Kier alpha value is -1.69. The van der Waals surface area contributed by atoms with Crippen molar-refractivity contribution in [3.63, 3.8) is 0 Å². The van der Waals surface area contributed by atoms with Gasteiger partial charge in [-0.15, -0.1) is 0 Å². The molecule has 2 rings (SSSR count). The first-order valence-corrected chi connectivity index (χ1v) is 8.42. The lowest BCUT2D eigenvalue weighted by atomic mass is 10.1. The lowest BCUT2D eigenvalue weighted by Gasteiger charge is -2.16. The van der Waals surface area contributed by atoms with E-state index in [-0.39, 0.29) is 11.1 Å². The maximum atomic E-state index is 12.4. The lowest BCUT2D eigenvalue weighted by Crippen LogP contribution is -2.33. The first-order chi connectivity index (χ1) is 11.5. The van der Waals surface area contributed by atoms with Gasteiger partial charge in [0.15, 0.2) is 0 Å². The van der Waals surface area contributed by atoms with Gasteiger partial charge in [-0.1, -0.05) is 29.8 Å². The Kier molecular flexibility index (Phi) is 6.97. The van der Waals surface area contributed by atoms with E-state index in [1.54, 1.807) is 13.2 Å². The van der Waals surface area contributed by atoms with Gasteiger partial charge in [0.25, 0.3) is 5.91 Å². The Labute approximate surface area is 148 Å². The molecule has 0 saturated heterocycles. The topological polar surface area (TPSA) is 54.5 Å². The molecule has 1 heterocycles. The summed E-state index contributed by atoms with van der Waals surface area (Å²) in [5.41, 5.74) is 2.28. The van der Waals surface area contributed by atoms with Crippen LogP contribution in [0.3, 0.4) is 0 Å². The van der Waals surface area contributed by atoms with E-state index in [0.717, 1.165) is 42.6 Å². The van der Waals surface area contributed by atoms with Crippen LogP contribution in [0, 0.1) is 6.92 Å². The van der Waals surface area contributed by atoms with Crippen molar-refractivity contribution >= 4 is 28.4 Å². The summed E-state index contributed by atoms with van der Waals surface area (Å²) in [5, 5.41) is 4.06. The molecule has 0 aliphatic heterocycles. The minimum atomic E-state index is -0.193. The number of para-hydroxylation sites is 1. The standard InChI is InChI=1S/C18H24ClN3O2/c1-13-6-4-7-14-12-15(17(19)21-16(13)14)18(23)20-8-10-22(2)9-5-11-24-3/h4,6-7,12H,5,8-11H2,1-3H3,(H,20,23). The van der Waals surface area contributed by atoms with Crippen LogP contribution < -0.4 is 5.32 Å². The molecule has 0 atom stereocenters. The van der Waals surface area contributed by atoms with Crippen LogP contribution in [0.1, 0.15) is 22.3 Å². The zero-order valence-corrected chi connectivity index (χ0v) is 15.2. The number of fused-ring (bicyclic) bond motifs is 1. The minimum Gasteiger partial charge on any atom is -0.385 e. The van der Waals surface area contributed by atoms with E-state index in [4.69, 9.17) is 16.3 Å². The molecule has 1 aromatic heterocycles. The third-order valence-corrected chi connectivity index (χ3v) is 4.20. The minimum absolute atomic E-state index is 0.193. The number of amides is 1. The van der Waals surface area contributed by atoms with E-state index in [0.29, 0.717) is 12.1 Å². The van der Waals surface area contributed by atoms with Gasteiger partial charge in [0.2, 0.25) is 0 Å². The van der Waals surface area contributed by atoms with Gasteiger partial charge in [-0.2, -0.15) is 0 Å². The molecule has 0 saturated carbocycles. The molecule has 0 spiro atoms. The summed E-state index contributed by atoms with van der Waals surface area (Å²) in [6.07, 6.45) is 0.973. The SMILES string of the molecule is COCCCN(C)CCNC(=O)c1cc2cccc(C)c2nc1Cl. The van der Waals surface area contributed by atoms with Crippen LogP contribution in [0.25, 0.3) is 10.9 Å². The van der Waals surface area contributed by atoms with Gasteiger partial charge in [0, 0.05) is 38.7 Å². The highest BCUT2D eigenvalue weighted by molar-refractivity contribution is 6.33. The molecule has 1 amide bonds. The Morgan fingerprint density at radius 3 is 2.92 bits per heavy atom. The number of aryl methyl sites for hydroxylation is 1. The van der Waals surface area contributed by atoms with E-state index in [2.05, 4.69) is 15.2 Å². The number of ether oxygens (including phenoxy) is 1. The molecule has 0 unspecified atom stereocenters. The predicted molar refractivity (Wildman–Crippen MR) is 97.8 cm³/mol. The van der Waals surface area contributed by atoms with Crippen LogP contribution in [-0.2, 0) is 4.74 Å². The first kappa shape index (κ1) is 18.6. The molecule has 0 aliphatic rings. The van der Waals surface area contributed by atoms with Crippen molar-refractivity contribution in [2.24, 2.45) is 0 Å². The number of methoxy groups -OCH3 is 1. The number of carbonyl (C=O) groups excluding carboxylic acids is 1. The van der Waals surface area contributed by atoms with Crippen LogP contribution in [0.2, 0.25) is 5.15 Å². The number of nitrogens with one attached hydrogen (secondary N) is 1. The van der Waals surface area contributed by atoms with Gasteiger partial charge < -0.3 is 15.0 Å². The maximum absolute atomic E-state index is 12.4. The van der Waals surface area contributed by atoms with Crippen LogP contribution in [0.15, 0.2) is 24.3 Å². The Morgan fingerprint density at radius 1 is 1.38 bits per heavy atom. The summed E-state index contributed by atoms with van der Waals surface area (Å²) >= 11 is 6.20. The summed E-state index contributed by atoms with van der Waals surface area (Å²) in [5.74, 6) is -0.193. The number of halogens is 1. The second-order valence-electron chi connectivity index (χ2n) is 5.88. The zero-order chi connectivity index (χ0) is 17.5. The smallest absolute Gasteiger partial charge is 0.254 e. The average molecular weight is 350 g/mol. The summed E-state index contributed by atoms with van der Waals surface area (Å²) in [4.78, 5) is 18.9. The number of nitrogens with zero attached hydrogens (tertiary/aromatic N) is 2. The number of rotatable bonds is 8. The maximum Gasteiger partial charge on any atom is 0.254 e. The van der Waals surface area contributed by atoms with Gasteiger partial charge >= 0.3 is 0 Å². The second kappa shape index (κ2) is 8.97. The number of pyridine rings is 1. The number of benzene rings is 1. The average Bonchev–Trinajstić information content (AvgIpc) is 2.55. The fourth-order valence-corrected chi connectivity index (χ4v) is 2.75. The van der Waals surface area contributed by atoms with E-state index >= 15 is 0 Å². The third kappa shape index (κ3) is 4.90. The summed E-state index contributed by atoms with van der Waals surface area (Å²) in [7, 11) is 3.72. The van der Waals surface area contributed by atoms with Crippen molar-refractivity contribution in [2.45, 2.75) is 13.3 Å².